The molecule has 1 saturated heterocycles. The van der Waals surface area contributed by atoms with Gasteiger partial charge in [0.05, 0.1) is 12.7 Å². The van der Waals surface area contributed by atoms with Gasteiger partial charge in [-0.15, -0.1) is 0 Å². The van der Waals surface area contributed by atoms with Crippen LogP contribution in [0.15, 0.2) is 12.2 Å². The van der Waals surface area contributed by atoms with Crippen LogP contribution in [0.4, 0.5) is 0 Å². The Morgan fingerprint density at radius 3 is 3.23 bits per heavy atom. The molecule has 0 aliphatic carbocycles. The van der Waals surface area contributed by atoms with Gasteiger partial charge in [-0.3, -0.25) is 4.79 Å². The maximum Gasteiger partial charge on any atom is 0.243 e. The van der Waals surface area contributed by atoms with Crippen LogP contribution in [0.5, 0.6) is 0 Å². The molecule has 0 aromatic heterocycles. The lowest BCUT2D eigenvalue weighted by atomic mass is 10.3. The van der Waals surface area contributed by atoms with Gasteiger partial charge in [0, 0.05) is 19.6 Å². The second kappa shape index (κ2) is 5.72. The summed E-state index contributed by atoms with van der Waals surface area (Å²) < 4.78 is 5.41. The van der Waals surface area contributed by atoms with Crippen molar-refractivity contribution in [3.05, 3.63) is 12.2 Å². The van der Waals surface area contributed by atoms with Gasteiger partial charge >= 0.3 is 0 Å². The summed E-state index contributed by atoms with van der Waals surface area (Å²) >= 11 is 0. The molecule has 74 valence electrons. The van der Waals surface area contributed by atoms with Crippen molar-refractivity contribution >= 4 is 5.91 Å². The monoisotopic (exact) mass is 184 g/mol. The predicted molar refractivity (Wildman–Crippen MR) is 50.4 cm³/mol. The summed E-state index contributed by atoms with van der Waals surface area (Å²) in [7, 11) is 0. The summed E-state index contributed by atoms with van der Waals surface area (Å²) in [6.45, 7) is 4.84. The first-order chi connectivity index (χ1) is 6.33. The van der Waals surface area contributed by atoms with E-state index in [2.05, 4.69) is 10.6 Å². The van der Waals surface area contributed by atoms with Crippen LogP contribution in [0.3, 0.4) is 0 Å². The lowest BCUT2D eigenvalue weighted by Gasteiger charge is -2.23. The average molecular weight is 184 g/mol. The molecular weight excluding hydrogens is 168 g/mol. The van der Waals surface area contributed by atoms with Crippen LogP contribution in [-0.4, -0.2) is 38.3 Å². The fourth-order valence-corrected chi connectivity index (χ4v) is 1.18. The molecule has 2 N–H and O–H groups in total. The molecular formula is C9H16N2O2. The summed E-state index contributed by atoms with van der Waals surface area (Å²) in [5, 5.41) is 5.96. The first kappa shape index (κ1) is 10.2. The van der Waals surface area contributed by atoms with Gasteiger partial charge in [-0.1, -0.05) is 6.08 Å². The number of amides is 1. The zero-order valence-electron chi connectivity index (χ0n) is 7.88. The third kappa shape index (κ3) is 4.05. The van der Waals surface area contributed by atoms with E-state index in [1.807, 2.05) is 6.92 Å². The zero-order valence-corrected chi connectivity index (χ0v) is 7.88. The minimum atomic E-state index is -0.0586. The highest BCUT2D eigenvalue weighted by Gasteiger charge is 2.12. The lowest BCUT2D eigenvalue weighted by molar-refractivity contribution is -0.117. The fourth-order valence-electron chi connectivity index (χ4n) is 1.18. The van der Waals surface area contributed by atoms with E-state index < -0.39 is 0 Å². The standard InChI is InChI=1S/C9H16N2O2/c1-2-3-9(12)11-7-8-6-10-4-5-13-8/h2-3,8,10H,4-7H2,1H3,(H,11,12)/b3-2+. The van der Waals surface area contributed by atoms with Crippen molar-refractivity contribution in [1.82, 2.24) is 10.6 Å². The SMILES string of the molecule is C/C=C/C(=O)NCC1CNCCO1. The van der Waals surface area contributed by atoms with Gasteiger partial charge in [0.2, 0.25) is 5.91 Å². The van der Waals surface area contributed by atoms with Crippen LogP contribution >= 0.6 is 0 Å². The lowest BCUT2D eigenvalue weighted by Crippen LogP contribution is -2.44. The molecule has 1 heterocycles. The Labute approximate surface area is 78.3 Å². The van der Waals surface area contributed by atoms with E-state index >= 15 is 0 Å². The molecule has 0 saturated carbocycles. The van der Waals surface area contributed by atoms with Crippen molar-refractivity contribution in [3.8, 4) is 0 Å². The third-order valence-corrected chi connectivity index (χ3v) is 1.83. The van der Waals surface area contributed by atoms with Crippen molar-refractivity contribution in [2.45, 2.75) is 13.0 Å². The predicted octanol–water partition coefficient (Wildman–Crippen LogP) is -0.333. The van der Waals surface area contributed by atoms with E-state index in [0.717, 1.165) is 19.7 Å². The molecule has 0 bridgehead atoms. The number of hydrogen-bond acceptors (Lipinski definition) is 3. The second-order valence-corrected chi connectivity index (χ2v) is 2.94. The van der Waals surface area contributed by atoms with Gasteiger partial charge in [-0.2, -0.15) is 0 Å². The Morgan fingerprint density at radius 2 is 2.62 bits per heavy atom. The summed E-state index contributed by atoms with van der Waals surface area (Å²) in [4.78, 5) is 11.0. The van der Waals surface area contributed by atoms with Crippen molar-refractivity contribution in [3.63, 3.8) is 0 Å². The van der Waals surface area contributed by atoms with E-state index in [0.29, 0.717) is 6.54 Å². The molecule has 0 aromatic rings. The van der Waals surface area contributed by atoms with Crippen LogP contribution in [0.1, 0.15) is 6.92 Å². The molecule has 0 radical (unpaired) electrons. The molecule has 1 aliphatic rings. The molecule has 1 amide bonds. The van der Waals surface area contributed by atoms with E-state index in [9.17, 15) is 4.79 Å². The van der Waals surface area contributed by atoms with E-state index in [-0.39, 0.29) is 12.0 Å². The van der Waals surface area contributed by atoms with Gasteiger partial charge in [-0.05, 0) is 13.0 Å². The first-order valence-corrected chi connectivity index (χ1v) is 4.56. The minimum absolute atomic E-state index is 0.0586. The Morgan fingerprint density at radius 1 is 1.77 bits per heavy atom. The molecule has 4 nitrogen and oxygen atoms in total. The van der Waals surface area contributed by atoms with Crippen molar-refractivity contribution < 1.29 is 9.53 Å². The Bertz CT molecular complexity index is 186. The molecule has 4 heteroatoms. The highest BCUT2D eigenvalue weighted by molar-refractivity contribution is 5.87. The van der Waals surface area contributed by atoms with Gasteiger partial charge in [0.1, 0.15) is 0 Å². The largest absolute Gasteiger partial charge is 0.374 e. The molecule has 1 aliphatic heterocycles. The number of carbonyl (C=O) groups is 1. The average Bonchev–Trinajstić information content (AvgIpc) is 2.17. The quantitative estimate of drug-likeness (QED) is 0.590. The van der Waals surface area contributed by atoms with Crippen molar-refractivity contribution in [2.24, 2.45) is 0 Å². The number of morpholine rings is 1. The topological polar surface area (TPSA) is 50.4 Å². The Hall–Kier alpha value is -0.870. The number of ether oxygens (including phenoxy) is 1. The van der Waals surface area contributed by atoms with E-state index in [1.54, 1.807) is 6.08 Å². The first-order valence-electron chi connectivity index (χ1n) is 4.56. The minimum Gasteiger partial charge on any atom is -0.374 e. The number of hydrogen-bond donors (Lipinski definition) is 2. The van der Waals surface area contributed by atoms with Crippen LogP contribution in [0, 0.1) is 0 Å². The number of nitrogens with one attached hydrogen (secondary N) is 2. The van der Waals surface area contributed by atoms with E-state index in [4.69, 9.17) is 4.74 Å². The van der Waals surface area contributed by atoms with Crippen LogP contribution in [0.25, 0.3) is 0 Å². The van der Waals surface area contributed by atoms with Crippen LogP contribution in [-0.2, 0) is 9.53 Å². The zero-order chi connectivity index (χ0) is 9.52. The Balaban J connectivity index is 2.13. The molecule has 13 heavy (non-hydrogen) atoms. The molecule has 1 fully saturated rings. The number of rotatable bonds is 3. The fraction of sp³-hybridized carbons (Fsp3) is 0.667. The second-order valence-electron chi connectivity index (χ2n) is 2.94. The summed E-state index contributed by atoms with van der Waals surface area (Å²) in [6.07, 6.45) is 3.34. The summed E-state index contributed by atoms with van der Waals surface area (Å²) in [5.41, 5.74) is 0. The highest BCUT2D eigenvalue weighted by Crippen LogP contribution is 1.93. The van der Waals surface area contributed by atoms with Crippen molar-refractivity contribution in [2.75, 3.05) is 26.2 Å². The number of allylic oxidation sites excluding steroid dienone is 1. The third-order valence-electron chi connectivity index (χ3n) is 1.83. The summed E-state index contributed by atoms with van der Waals surface area (Å²) in [5.74, 6) is -0.0586. The molecule has 0 aromatic carbocycles. The summed E-state index contributed by atoms with van der Waals surface area (Å²) in [6, 6.07) is 0. The normalized spacial score (nSPS) is 23.3. The van der Waals surface area contributed by atoms with Gasteiger partial charge in [0.25, 0.3) is 0 Å². The molecule has 0 spiro atoms. The Kier molecular flexibility index (Phi) is 4.49. The van der Waals surface area contributed by atoms with Crippen LogP contribution in [0.2, 0.25) is 0 Å². The van der Waals surface area contributed by atoms with Gasteiger partial charge in [-0.25, -0.2) is 0 Å². The number of carbonyl (C=O) groups excluding carboxylic acids is 1. The van der Waals surface area contributed by atoms with Gasteiger partial charge in [0.15, 0.2) is 0 Å². The van der Waals surface area contributed by atoms with Gasteiger partial charge < -0.3 is 15.4 Å². The van der Waals surface area contributed by atoms with Crippen LogP contribution < -0.4 is 10.6 Å². The maximum absolute atomic E-state index is 11.0. The molecule has 1 unspecified atom stereocenters. The maximum atomic E-state index is 11.0. The molecule has 1 rings (SSSR count). The van der Waals surface area contributed by atoms with Crippen molar-refractivity contribution in [1.29, 1.82) is 0 Å². The smallest absolute Gasteiger partial charge is 0.243 e. The van der Waals surface area contributed by atoms with E-state index in [1.165, 1.54) is 6.08 Å². The highest BCUT2D eigenvalue weighted by atomic mass is 16.5. The molecule has 1 atom stereocenters.